The molecule has 2 aromatic rings. The molecule has 3 N–H and O–H groups in total. The largest absolute Gasteiger partial charge is 0.508 e. The first-order valence-electron chi connectivity index (χ1n) is 6.38. The minimum absolute atomic E-state index is 0.00838. The van der Waals surface area contributed by atoms with Crippen LogP contribution in [0, 0.1) is 0 Å². The molecular weight excluding hydrogens is 315 g/mol. The molecule has 0 radical (unpaired) electrons. The number of alkyl halides is 3. The number of benzene rings is 1. The standard InChI is InChI=1S/C14H12F3N3O3/c15-14(16,17)8-20-7-1-2-11(12(20)22)19-13(23)18-9-3-5-10(21)6-4-9/h1-7,21H,8H2,(H2,18,19,23). The number of amides is 2. The van der Waals surface area contributed by atoms with Gasteiger partial charge in [0.15, 0.2) is 0 Å². The van der Waals surface area contributed by atoms with Gasteiger partial charge in [-0.15, -0.1) is 0 Å². The lowest BCUT2D eigenvalue weighted by atomic mass is 10.3. The highest BCUT2D eigenvalue weighted by molar-refractivity contribution is 5.99. The molecule has 23 heavy (non-hydrogen) atoms. The Bertz CT molecular complexity index is 754. The highest BCUT2D eigenvalue weighted by Gasteiger charge is 2.28. The van der Waals surface area contributed by atoms with Crippen molar-refractivity contribution in [1.29, 1.82) is 0 Å². The first-order valence-corrected chi connectivity index (χ1v) is 6.38. The lowest BCUT2D eigenvalue weighted by molar-refractivity contribution is -0.141. The number of hydrogen-bond acceptors (Lipinski definition) is 3. The van der Waals surface area contributed by atoms with Crippen molar-refractivity contribution in [3.05, 3.63) is 52.9 Å². The fourth-order valence-electron chi connectivity index (χ4n) is 1.78. The topological polar surface area (TPSA) is 83.4 Å². The second kappa shape index (κ2) is 6.42. The number of phenols is 1. The molecule has 2 amide bonds. The van der Waals surface area contributed by atoms with Crippen LogP contribution in [0.5, 0.6) is 5.75 Å². The Morgan fingerprint density at radius 2 is 1.78 bits per heavy atom. The molecule has 1 heterocycles. The summed E-state index contributed by atoms with van der Waals surface area (Å²) in [7, 11) is 0. The van der Waals surface area contributed by atoms with Gasteiger partial charge in [-0.05, 0) is 36.4 Å². The first kappa shape index (κ1) is 16.4. The molecule has 2 rings (SSSR count). The van der Waals surface area contributed by atoms with Gasteiger partial charge in [0, 0.05) is 11.9 Å². The van der Waals surface area contributed by atoms with Crippen LogP contribution in [0.15, 0.2) is 47.4 Å². The molecular formula is C14H12F3N3O3. The number of urea groups is 1. The Balaban J connectivity index is 2.10. The van der Waals surface area contributed by atoms with Crippen molar-refractivity contribution in [1.82, 2.24) is 4.57 Å². The number of pyridine rings is 1. The second-order valence-corrected chi connectivity index (χ2v) is 4.60. The monoisotopic (exact) mass is 327 g/mol. The van der Waals surface area contributed by atoms with Crippen LogP contribution in [-0.4, -0.2) is 21.9 Å². The number of aromatic nitrogens is 1. The van der Waals surface area contributed by atoms with Crippen molar-refractivity contribution in [3.8, 4) is 5.75 Å². The van der Waals surface area contributed by atoms with Crippen LogP contribution in [0.3, 0.4) is 0 Å². The molecule has 0 aliphatic rings. The average Bonchev–Trinajstić information content (AvgIpc) is 2.44. The zero-order valence-electron chi connectivity index (χ0n) is 11.6. The second-order valence-electron chi connectivity index (χ2n) is 4.60. The fourth-order valence-corrected chi connectivity index (χ4v) is 1.78. The normalized spacial score (nSPS) is 11.1. The molecule has 0 unspecified atom stereocenters. The Morgan fingerprint density at radius 1 is 1.13 bits per heavy atom. The quantitative estimate of drug-likeness (QED) is 0.758. The number of rotatable bonds is 3. The van der Waals surface area contributed by atoms with Crippen LogP contribution >= 0.6 is 0 Å². The molecule has 122 valence electrons. The van der Waals surface area contributed by atoms with Gasteiger partial charge in [0.05, 0.1) is 0 Å². The van der Waals surface area contributed by atoms with Crippen LogP contribution in [0.2, 0.25) is 0 Å². The predicted molar refractivity (Wildman–Crippen MR) is 77.5 cm³/mol. The number of carbonyl (C=O) groups is 1. The molecule has 0 atom stereocenters. The average molecular weight is 327 g/mol. The van der Waals surface area contributed by atoms with Gasteiger partial charge < -0.3 is 20.3 Å². The summed E-state index contributed by atoms with van der Waals surface area (Å²) in [5.74, 6) is 0.00838. The molecule has 0 aliphatic heterocycles. The van der Waals surface area contributed by atoms with E-state index in [9.17, 15) is 22.8 Å². The van der Waals surface area contributed by atoms with Crippen LogP contribution in [0.4, 0.5) is 29.3 Å². The number of carbonyl (C=O) groups excluding carboxylic acids is 1. The van der Waals surface area contributed by atoms with Crippen LogP contribution < -0.4 is 16.2 Å². The van der Waals surface area contributed by atoms with E-state index >= 15 is 0 Å². The van der Waals surface area contributed by atoms with E-state index < -0.39 is 24.3 Å². The van der Waals surface area contributed by atoms with Crippen molar-refractivity contribution in [3.63, 3.8) is 0 Å². The van der Waals surface area contributed by atoms with Gasteiger partial charge in [-0.2, -0.15) is 13.2 Å². The highest BCUT2D eigenvalue weighted by atomic mass is 19.4. The SMILES string of the molecule is O=C(Nc1ccc(O)cc1)Nc1cccn(CC(F)(F)F)c1=O. The molecule has 0 fully saturated rings. The number of nitrogens with one attached hydrogen (secondary N) is 2. The van der Waals surface area contributed by atoms with E-state index in [1.807, 2.05) is 0 Å². The van der Waals surface area contributed by atoms with E-state index in [4.69, 9.17) is 5.11 Å². The maximum atomic E-state index is 12.4. The van der Waals surface area contributed by atoms with Crippen molar-refractivity contribution in [2.45, 2.75) is 12.7 Å². The molecule has 9 heteroatoms. The maximum Gasteiger partial charge on any atom is 0.406 e. The molecule has 1 aromatic heterocycles. The Labute approximate surface area is 128 Å². The van der Waals surface area contributed by atoms with Gasteiger partial charge in [-0.3, -0.25) is 4.79 Å². The third kappa shape index (κ3) is 4.77. The van der Waals surface area contributed by atoms with Gasteiger partial charge in [0.2, 0.25) is 0 Å². The molecule has 0 bridgehead atoms. The van der Waals surface area contributed by atoms with Gasteiger partial charge >= 0.3 is 12.2 Å². The van der Waals surface area contributed by atoms with E-state index in [1.165, 1.54) is 36.4 Å². The van der Waals surface area contributed by atoms with Crippen LogP contribution in [0.25, 0.3) is 0 Å². The van der Waals surface area contributed by atoms with Gasteiger partial charge in [0.25, 0.3) is 5.56 Å². The zero-order valence-corrected chi connectivity index (χ0v) is 11.6. The summed E-state index contributed by atoms with van der Waals surface area (Å²) in [4.78, 5) is 23.6. The smallest absolute Gasteiger partial charge is 0.406 e. The molecule has 0 saturated heterocycles. The maximum absolute atomic E-state index is 12.4. The van der Waals surface area contributed by atoms with E-state index in [0.29, 0.717) is 10.3 Å². The summed E-state index contributed by atoms with van der Waals surface area (Å²) in [5.41, 5.74) is -0.912. The third-order valence-corrected chi connectivity index (χ3v) is 2.74. The third-order valence-electron chi connectivity index (χ3n) is 2.74. The lowest BCUT2D eigenvalue weighted by Crippen LogP contribution is -2.31. The Kier molecular flexibility index (Phi) is 4.58. The van der Waals surface area contributed by atoms with Gasteiger partial charge in [0.1, 0.15) is 18.0 Å². The number of nitrogens with zero attached hydrogens (tertiary/aromatic N) is 1. The zero-order chi connectivity index (χ0) is 17.0. The van der Waals surface area contributed by atoms with Gasteiger partial charge in [-0.1, -0.05) is 0 Å². The molecule has 0 saturated carbocycles. The molecule has 6 nitrogen and oxygen atoms in total. The molecule has 0 spiro atoms. The number of phenolic OH excluding ortho intramolecular Hbond substituents is 1. The van der Waals surface area contributed by atoms with E-state index in [-0.39, 0.29) is 11.4 Å². The number of anilines is 2. The summed E-state index contributed by atoms with van der Waals surface area (Å²) < 4.78 is 37.5. The van der Waals surface area contributed by atoms with E-state index in [2.05, 4.69) is 10.6 Å². The number of hydrogen-bond donors (Lipinski definition) is 3. The molecule has 1 aromatic carbocycles. The number of aromatic hydroxyl groups is 1. The summed E-state index contributed by atoms with van der Waals surface area (Å²) in [6.45, 7) is -1.44. The highest BCUT2D eigenvalue weighted by Crippen LogP contribution is 2.17. The fraction of sp³-hybridized carbons (Fsp3) is 0.143. The van der Waals surface area contributed by atoms with Crippen molar-refractivity contribution in [2.75, 3.05) is 10.6 Å². The first-order chi connectivity index (χ1) is 10.7. The van der Waals surface area contributed by atoms with Gasteiger partial charge in [-0.25, -0.2) is 4.79 Å². The minimum atomic E-state index is -4.54. The van der Waals surface area contributed by atoms with Crippen LogP contribution in [0.1, 0.15) is 0 Å². The van der Waals surface area contributed by atoms with Crippen molar-refractivity contribution in [2.24, 2.45) is 0 Å². The van der Waals surface area contributed by atoms with E-state index in [1.54, 1.807) is 0 Å². The Morgan fingerprint density at radius 3 is 2.39 bits per heavy atom. The summed E-state index contributed by atoms with van der Waals surface area (Å²) in [6.07, 6.45) is -3.56. The minimum Gasteiger partial charge on any atom is -0.508 e. The molecule has 0 aliphatic carbocycles. The predicted octanol–water partition coefficient (Wildman–Crippen LogP) is 2.76. The summed E-state index contributed by atoms with van der Waals surface area (Å²) >= 11 is 0. The Hall–Kier alpha value is -2.97. The van der Waals surface area contributed by atoms with Crippen molar-refractivity contribution < 1.29 is 23.1 Å². The lowest BCUT2D eigenvalue weighted by Gasteiger charge is -2.11. The number of halogens is 3. The summed E-state index contributed by atoms with van der Waals surface area (Å²) in [6, 6.07) is 7.15. The van der Waals surface area contributed by atoms with E-state index in [0.717, 1.165) is 6.20 Å². The van der Waals surface area contributed by atoms with Crippen molar-refractivity contribution >= 4 is 17.4 Å². The summed E-state index contributed by atoms with van der Waals surface area (Å²) in [5, 5.41) is 13.7. The van der Waals surface area contributed by atoms with Crippen LogP contribution in [-0.2, 0) is 6.54 Å².